The fourth-order valence-electron chi connectivity index (χ4n) is 5.24. The lowest BCUT2D eigenvalue weighted by molar-refractivity contribution is 0.0286. The van der Waals surface area contributed by atoms with E-state index in [1.165, 1.54) is 40.1 Å². The average Bonchev–Trinajstić information content (AvgIpc) is 3.37. The van der Waals surface area contributed by atoms with Crippen LogP contribution in [0.4, 0.5) is 19.3 Å². The van der Waals surface area contributed by atoms with Crippen molar-refractivity contribution in [1.82, 2.24) is 14.5 Å². The summed E-state index contributed by atoms with van der Waals surface area (Å²) in [5.74, 6) is -0.728. The summed E-state index contributed by atoms with van der Waals surface area (Å²) in [5, 5.41) is 3.31. The van der Waals surface area contributed by atoms with Crippen LogP contribution in [0.2, 0.25) is 10.0 Å². The van der Waals surface area contributed by atoms with Crippen molar-refractivity contribution in [1.29, 1.82) is 0 Å². The number of halogens is 4. The molecule has 0 aliphatic carbocycles. The largest absolute Gasteiger partial charge is 0.497 e. The predicted octanol–water partition coefficient (Wildman–Crippen LogP) is 6.99. The van der Waals surface area contributed by atoms with Crippen molar-refractivity contribution in [3.8, 4) is 5.75 Å². The summed E-state index contributed by atoms with van der Waals surface area (Å²) >= 11 is 12.8. The van der Waals surface area contributed by atoms with Gasteiger partial charge in [-0.25, -0.2) is 18.6 Å². The van der Waals surface area contributed by atoms with Crippen molar-refractivity contribution in [2.45, 2.75) is 44.9 Å². The average molecular weight is 632 g/mol. The number of anilines is 1. The van der Waals surface area contributed by atoms with Crippen molar-refractivity contribution in [2.75, 3.05) is 25.5 Å². The molecule has 0 radical (unpaired) electrons. The summed E-state index contributed by atoms with van der Waals surface area (Å²) in [5.41, 5.74) is -1.64. The van der Waals surface area contributed by atoms with Gasteiger partial charge in [-0.15, -0.1) is 0 Å². The molecule has 0 unspecified atom stereocenters. The van der Waals surface area contributed by atoms with E-state index < -0.39 is 34.4 Å². The molecule has 0 spiro atoms. The molecule has 1 N–H and O–H groups in total. The number of hydrogen-bond donors (Lipinski definition) is 1. The third-order valence-corrected chi connectivity index (χ3v) is 8.02. The van der Waals surface area contributed by atoms with Gasteiger partial charge in [0.1, 0.15) is 22.7 Å². The molecule has 5 rings (SSSR count). The monoisotopic (exact) mass is 630 g/mol. The summed E-state index contributed by atoms with van der Waals surface area (Å²) in [6, 6.07) is 12.4. The van der Waals surface area contributed by atoms with Crippen LogP contribution in [0, 0.1) is 11.6 Å². The van der Waals surface area contributed by atoms with Gasteiger partial charge in [0.05, 0.1) is 47.5 Å². The zero-order valence-electron chi connectivity index (χ0n) is 24.0. The zero-order chi connectivity index (χ0) is 31.1. The Morgan fingerprint density at radius 2 is 1.81 bits per heavy atom. The molecule has 8 nitrogen and oxygen atoms in total. The summed E-state index contributed by atoms with van der Waals surface area (Å²) in [6.07, 6.45) is 0.895. The molecule has 2 heterocycles. The number of ether oxygens (including phenoxy) is 2. The van der Waals surface area contributed by atoms with Crippen LogP contribution in [0.1, 0.15) is 38.3 Å². The van der Waals surface area contributed by atoms with Gasteiger partial charge in [0.25, 0.3) is 5.56 Å². The number of carbonyl (C=O) groups is 1. The standard InChI is InChI=1S/C31H30Cl2F2N4O4/c1-30(2,3)43-29(41)38-12-11-31(16-38,25-23(34)10-9-22(32)26(25)33)37-19-13-21-27(24(35)14-19)36-17-39(28(21)40)15-18-5-7-20(42-4)8-6-18/h5-10,13-14,17,37H,11-12,15-16H2,1-4H3/t31-/m1/s1. The van der Waals surface area contributed by atoms with Gasteiger partial charge in [-0.1, -0.05) is 35.3 Å². The predicted molar refractivity (Wildman–Crippen MR) is 162 cm³/mol. The topological polar surface area (TPSA) is 85.7 Å². The first kappa shape index (κ1) is 30.6. The van der Waals surface area contributed by atoms with Gasteiger partial charge in [-0.2, -0.15) is 0 Å². The lowest BCUT2D eigenvalue weighted by atomic mass is 9.87. The van der Waals surface area contributed by atoms with Crippen LogP contribution in [-0.2, 0) is 16.8 Å². The van der Waals surface area contributed by atoms with E-state index in [0.29, 0.717) is 5.75 Å². The Labute approximate surface area is 257 Å². The Balaban J connectivity index is 1.56. The van der Waals surface area contributed by atoms with Crippen molar-refractivity contribution in [3.05, 3.63) is 98.0 Å². The van der Waals surface area contributed by atoms with Gasteiger partial charge in [0, 0.05) is 17.8 Å². The first-order chi connectivity index (χ1) is 20.3. The molecule has 12 heteroatoms. The molecule has 1 aliphatic rings. The maximum atomic E-state index is 15.5. The Morgan fingerprint density at radius 3 is 2.49 bits per heavy atom. The van der Waals surface area contributed by atoms with E-state index in [0.717, 1.165) is 5.56 Å². The number of nitrogens with one attached hydrogen (secondary N) is 1. The highest BCUT2D eigenvalue weighted by molar-refractivity contribution is 6.42. The molecule has 1 saturated heterocycles. The normalized spacial score (nSPS) is 16.9. The van der Waals surface area contributed by atoms with Crippen LogP contribution in [0.5, 0.6) is 5.75 Å². The number of likely N-dealkylation sites (tertiary alicyclic amines) is 1. The summed E-state index contributed by atoms with van der Waals surface area (Å²) < 4.78 is 43.0. The Morgan fingerprint density at radius 1 is 1.09 bits per heavy atom. The summed E-state index contributed by atoms with van der Waals surface area (Å²) in [7, 11) is 1.56. The SMILES string of the molecule is COc1ccc(Cn2cnc3c(F)cc(N[C@]4(c5c(F)ccc(Cl)c5Cl)CCN(C(=O)OC(C)(C)C)C4)cc3c2=O)cc1. The van der Waals surface area contributed by atoms with Gasteiger partial charge in [-0.3, -0.25) is 9.36 Å². The highest BCUT2D eigenvalue weighted by Gasteiger charge is 2.46. The molecule has 1 atom stereocenters. The van der Waals surface area contributed by atoms with Gasteiger partial charge >= 0.3 is 6.09 Å². The number of amides is 1. The highest BCUT2D eigenvalue weighted by atomic mass is 35.5. The Kier molecular flexibility index (Phi) is 8.28. The van der Waals surface area contributed by atoms with Crippen LogP contribution in [0.3, 0.4) is 0 Å². The van der Waals surface area contributed by atoms with Crippen molar-refractivity contribution < 1.29 is 23.0 Å². The number of carbonyl (C=O) groups excluding carboxylic acids is 1. The van der Waals surface area contributed by atoms with E-state index >= 15 is 8.78 Å². The molecule has 1 aliphatic heterocycles. The van der Waals surface area contributed by atoms with E-state index in [4.69, 9.17) is 32.7 Å². The molecule has 4 aromatic rings. The lowest BCUT2D eigenvalue weighted by Gasteiger charge is -2.34. The van der Waals surface area contributed by atoms with Crippen LogP contribution in [0.25, 0.3) is 10.9 Å². The Bertz CT molecular complexity index is 1760. The van der Waals surface area contributed by atoms with E-state index in [2.05, 4.69) is 10.3 Å². The molecule has 1 amide bonds. The quantitative estimate of drug-likeness (QED) is 0.231. The first-order valence-corrected chi connectivity index (χ1v) is 14.3. The summed E-state index contributed by atoms with van der Waals surface area (Å²) in [4.78, 5) is 32.1. The first-order valence-electron chi connectivity index (χ1n) is 13.5. The third kappa shape index (κ3) is 6.26. The summed E-state index contributed by atoms with van der Waals surface area (Å²) in [6.45, 7) is 5.56. The number of nitrogens with zero attached hydrogens (tertiary/aromatic N) is 3. The molecule has 1 fully saturated rings. The second-order valence-electron chi connectivity index (χ2n) is 11.5. The fourth-order valence-corrected chi connectivity index (χ4v) is 5.73. The molecule has 3 aromatic carbocycles. The van der Waals surface area contributed by atoms with Crippen LogP contribution < -0.4 is 15.6 Å². The zero-order valence-corrected chi connectivity index (χ0v) is 25.5. The van der Waals surface area contributed by atoms with E-state index in [-0.39, 0.29) is 58.3 Å². The Hall–Kier alpha value is -3.89. The fraction of sp³-hybridized carbons (Fsp3) is 0.323. The van der Waals surface area contributed by atoms with Gasteiger partial charge in [-0.05, 0) is 69.2 Å². The van der Waals surface area contributed by atoms with Gasteiger partial charge in [0.15, 0.2) is 5.82 Å². The molecular weight excluding hydrogens is 601 g/mol. The maximum Gasteiger partial charge on any atom is 0.410 e. The smallest absolute Gasteiger partial charge is 0.410 e. The van der Waals surface area contributed by atoms with E-state index in [9.17, 15) is 9.59 Å². The number of methoxy groups -OCH3 is 1. The van der Waals surface area contributed by atoms with Gasteiger partial charge in [0.2, 0.25) is 0 Å². The number of rotatable bonds is 6. The number of hydrogen-bond acceptors (Lipinski definition) is 6. The van der Waals surface area contributed by atoms with Crippen molar-refractivity contribution in [2.24, 2.45) is 0 Å². The highest BCUT2D eigenvalue weighted by Crippen LogP contribution is 2.43. The molecular formula is C31H30Cl2F2N4O4. The minimum absolute atomic E-state index is 0.0216. The van der Waals surface area contributed by atoms with Crippen LogP contribution in [-0.4, -0.2) is 46.3 Å². The molecule has 1 aromatic heterocycles. The minimum atomic E-state index is -1.33. The molecule has 43 heavy (non-hydrogen) atoms. The minimum Gasteiger partial charge on any atom is -0.497 e. The van der Waals surface area contributed by atoms with Crippen LogP contribution >= 0.6 is 23.2 Å². The number of benzene rings is 3. The third-order valence-electron chi connectivity index (χ3n) is 7.22. The van der Waals surface area contributed by atoms with Crippen molar-refractivity contribution in [3.63, 3.8) is 0 Å². The number of aromatic nitrogens is 2. The lowest BCUT2D eigenvalue weighted by Crippen LogP contribution is -2.42. The maximum absolute atomic E-state index is 15.5. The van der Waals surface area contributed by atoms with Crippen molar-refractivity contribution >= 4 is 45.9 Å². The van der Waals surface area contributed by atoms with E-state index in [1.54, 1.807) is 40.0 Å². The number of fused-ring (bicyclic) bond motifs is 1. The van der Waals surface area contributed by atoms with E-state index in [1.807, 2.05) is 12.1 Å². The second kappa shape index (κ2) is 11.7. The molecule has 0 saturated carbocycles. The van der Waals surface area contributed by atoms with Crippen LogP contribution in [0.15, 0.2) is 59.7 Å². The molecule has 0 bridgehead atoms. The molecule has 226 valence electrons. The second-order valence-corrected chi connectivity index (χ2v) is 12.2. The van der Waals surface area contributed by atoms with Gasteiger partial charge < -0.3 is 19.7 Å².